The van der Waals surface area contributed by atoms with Crippen LogP contribution >= 0.6 is 0 Å². The number of aliphatic hydroxyl groups is 2. The van der Waals surface area contributed by atoms with Crippen LogP contribution in [0.25, 0.3) is 12.2 Å². The summed E-state index contributed by atoms with van der Waals surface area (Å²) in [6, 6.07) is 16.1. The van der Waals surface area contributed by atoms with Gasteiger partial charge in [-0.1, -0.05) is 24.3 Å². The average Bonchev–Trinajstić information content (AvgIpc) is 3.23. The van der Waals surface area contributed by atoms with Crippen LogP contribution < -0.4 is 151 Å². The molecule has 0 unspecified atom stereocenters. The molecule has 2 aromatic heterocycles. The molecule has 0 spiro atoms. The third-order valence-electron chi connectivity index (χ3n) is 8.36. The van der Waals surface area contributed by atoms with E-state index in [2.05, 4.69) is 60.5 Å². The molecule has 0 amide bonds. The first kappa shape index (κ1) is 63.1. The fourth-order valence-electron chi connectivity index (χ4n) is 5.53. The molecule has 2 heterocycles. The van der Waals surface area contributed by atoms with Gasteiger partial charge in [0.05, 0.1) is 57.3 Å². The van der Waals surface area contributed by atoms with Crippen molar-refractivity contribution in [2.24, 2.45) is 20.0 Å². The molecule has 0 fully saturated rings. The molecule has 0 atom stereocenters. The molecule has 6 aromatic rings. The quantitative estimate of drug-likeness (QED) is 0.0253. The monoisotopic (exact) mass is 1080 g/mol. The molecule has 4 aromatic carbocycles. The molecule has 6 rings (SSSR count). The van der Waals surface area contributed by atoms with Crippen molar-refractivity contribution in [3.63, 3.8) is 0 Å². The van der Waals surface area contributed by atoms with Gasteiger partial charge in [-0.3, -0.25) is 19.9 Å². The summed E-state index contributed by atoms with van der Waals surface area (Å²) in [5.41, 5.74) is -0.550. The second kappa shape index (κ2) is 27.3. The first-order valence-corrected chi connectivity index (χ1v) is 24.0. The molecule has 70 heavy (non-hydrogen) atoms. The Hall–Kier alpha value is -3.00. The van der Waals surface area contributed by atoms with E-state index in [1.807, 2.05) is 0 Å². The Kier molecular flexibility index (Phi) is 24.6. The normalized spacial score (nSPS) is 12.9. The maximum Gasteiger partial charge on any atom is 1.00 e. The molecule has 0 aliphatic rings. The SMILES string of the molecule is O=S(=O)([O-])c1ccc(Nc2nc(=NCCO)[nH]c(=Nc3ccc(/C=C/c4ccc(N=c5[nH]c(Nc6ccc(S(=O)(=O)[O-])cc6)nc(=NCCO)[nH]5)cc4S(=O)(=O)[O-])c(S(=O)(=O)[O-])c3)[nH]2)cc1.[Na+].[Na+].[Na+].[Na+]. The van der Waals surface area contributed by atoms with Gasteiger partial charge in [-0.25, -0.2) is 53.6 Å². The zero-order chi connectivity index (χ0) is 47.9. The van der Waals surface area contributed by atoms with Crippen molar-refractivity contribution in [3.05, 3.63) is 119 Å². The molecule has 0 aliphatic carbocycles. The van der Waals surface area contributed by atoms with E-state index >= 15 is 0 Å². The minimum Gasteiger partial charge on any atom is -0.744 e. The molecular formula is C36H32N12Na4O14S4. The van der Waals surface area contributed by atoms with Crippen molar-refractivity contribution < 1.29 is 180 Å². The Balaban J connectivity index is 0.00000420. The molecule has 0 aliphatic heterocycles. The van der Waals surface area contributed by atoms with Gasteiger partial charge >= 0.3 is 118 Å². The first-order chi connectivity index (χ1) is 31.1. The minimum absolute atomic E-state index is 0. The molecule has 0 saturated carbocycles. The number of aromatic amines is 4. The zero-order valence-electron chi connectivity index (χ0n) is 37.2. The van der Waals surface area contributed by atoms with E-state index < -0.39 is 60.1 Å². The smallest absolute Gasteiger partial charge is 0.744 e. The number of aromatic nitrogens is 6. The number of aliphatic hydroxyl groups excluding tert-OH is 2. The summed E-state index contributed by atoms with van der Waals surface area (Å²) in [5.74, 6) is -0.0820. The fraction of sp³-hybridized carbons (Fsp3) is 0.111. The summed E-state index contributed by atoms with van der Waals surface area (Å²) >= 11 is 0. The predicted molar refractivity (Wildman–Crippen MR) is 224 cm³/mol. The van der Waals surface area contributed by atoms with E-state index in [4.69, 9.17) is 0 Å². The van der Waals surface area contributed by atoms with E-state index in [-0.39, 0.29) is 213 Å². The van der Waals surface area contributed by atoms with Crippen LogP contribution in [0.4, 0.5) is 34.6 Å². The van der Waals surface area contributed by atoms with Gasteiger partial charge in [0.15, 0.2) is 0 Å². The number of H-pyrrole nitrogens is 4. The van der Waals surface area contributed by atoms with Crippen LogP contribution in [0.1, 0.15) is 11.1 Å². The summed E-state index contributed by atoms with van der Waals surface area (Å²) in [6.45, 7) is -0.904. The summed E-state index contributed by atoms with van der Waals surface area (Å²) in [4.78, 5) is 33.5. The Morgan fingerprint density at radius 1 is 0.500 bits per heavy atom. The maximum atomic E-state index is 12.5. The number of rotatable bonds is 16. The van der Waals surface area contributed by atoms with Crippen LogP contribution in [0, 0.1) is 0 Å². The number of nitrogens with one attached hydrogen (secondary N) is 6. The van der Waals surface area contributed by atoms with Gasteiger partial charge in [0.25, 0.3) is 0 Å². The standard InChI is InChI=1S/C36H36N12O14S4.4Na/c49-17-15-37-31-43-33(39-23-7-11-27(12-8-23)63(51,52)53)47-35(45-31)41-25-5-3-21(29(19-25)65(57,58)59)1-2-22-4-6-26(20-30(22)66(60,61)62)42-36-46-32(38-16-18-50)44-34(48-36)40-24-9-13-28(14-10-24)64(54,55)56;;;;/h1-14,19-20,49-50H,15-18H2,(H,51,52,53)(H,54,55,56)(H,57,58,59)(H,60,61,62)(H3,37,39,41,43,45,47)(H3,38,40,42,44,46,48);;;;/q;4*+1/p-4/b2-1+;;;;. The number of hydrogen-bond acceptors (Lipinski definition) is 22. The van der Waals surface area contributed by atoms with Crippen molar-refractivity contribution in [2.75, 3.05) is 36.9 Å². The molecule has 0 radical (unpaired) electrons. The third-order valence-corrected chi connectivity index (χ3v) is 11.8. The largest absolute Gasteiger partial charge is 1.00 e. The van der Waals surface area contributed by atoms with Crippen LogP contribution in [0.15, 0.2) is 124 Å². The summed E-state index contributed by atoms with van der Waals surface area (Å²) in [6.07, 6.45) is 2.15. The van der Waals surface area contributed by atoms with E-state index in [0.717, 1.165) is 48.6 Å². The Morgan fingerprint density at radius 3 is 1.14 bits per heavy atom. The molecule has 348 valence electrons. The van der Waals surface area contributed by atoms with E-state index in [9.17, 15) is 62.1 Å². The third kappa shape index (κ3) is 18.5. The fourth-order valence-corrected chi connectivity index (χ4v) is 7.85. The topological polar surface area (TPSA) is 432 Å². The van der Waals surface area contributed by atoms with Gasteiger partial charge in [0.2, 0.25) is 34.4 Å². The van der Waals surface area contributed by atoms with Crippen LogP contribution in [0.5, 0.6) is 0 Å². The van der Waals surface area contributed by atoms with Gasteiger partial charge < -0.3 is 39.1 Å². The molecule has 0 saturated heterocycles. The van der Waals surface area contributed by atoms with Gasteiger partial charge in [0.1, 0.15) is 40.5 Å². The Morgan fingerprint density at radius 2 is 0.843 bits per heavy atom. The number of anilines is 4. The van der Waals surface area contributed by atoms with Crippen molar-refractivity contribution in [1.82, 2.24) is 29.9 Å². The molecular weight excluding hydrogens is 1040 g/mol. The van der Waals surface area contributed by atoms with Crippen molar-refractivity contribution in [2.45, 2.75) is 19.6 Å². The van der Waals surface area contributed by atoms with Crippen LogP contribution in [0.2, 0.25) is 0 Å². The van der Waals surface area contributed by atoms with Crippen LogP contribution in [0.3, 0.4) is 0 Å². The summed E-state index contributed by atoms with van der Waals surface area (Å²) in [5, 5.41) is 24.2. The van der Waals surface area contributed by atoms with Crippen LogP contribution in [-0.2, 0) is 40.5 Å². The molecule has 0 bridgehead atoms. The van der Waals surface area contributed by atoms with Crippen molar-refractivity contribution >= 4 is 87.3 Å². The van der Waals surface area contributed by atoms with Crippen molar-refractivity contribution in [1.29, 1.82) is 0 Å². The van der Waals surface area contributed by atoms with Gasteiger partial charge in [-0.15, -0.1) is 0 Å². The minimum atomic E-state index is -5.24. The second-order valence-corrected chi connectivity index (χ2v) is 18.5. The summed E-state index contributed by atoms with van der Waals surface area (Å²) < 4.78 is 143. The van der Waals surface area contributed by atoms with E-state index in [1.165, 1.54) is 48.5 Å². The Bertz CT molecular complexity index is 3360. The van der Waals surface area contributed by atoms with Gasteiger partial charge in [-0.2, -0.15) is 9.97 Å². The molecule has 26 nitrogen and oxygen atoms in total. The first-order valence-electron chi connectivity index (χ1n) is 18.3. The van der Waals surface area contributed by atoms with E-state index in [1.54, 1.807) is 0 Å². The van der Waals surface area contributed by atoms with Gasteiger partial charge in [-0.05, 0) is 83.9 Å². The van der Waals surface area contributed by atoms with Crippen molar-refractivity contribution in [3.8, 4) is 0 Å². The summed E-state index contributed by atoms with van der Waals surface area (Å²) in [7, 11) is -19.9. The average molecular weight is 1080 g/mol. The number of nitrogens with zero attached hydrogens (tertiary/aromatic N) is 6. The molecule has 8 N–H and O–H groups in total. The second-order valence-electron chi connectivity index (χ2n) is 13.1. The van der Waals surface area contributed by atoms with E-state index in [0.29, 0.717) is 0 Å². The molecule has 34 heteroatoms. The number of hydrogen-bond donors (Lipinski definition) is 8. The maximum absolute atomic E-state index is 12.5. The van der Waals surface area contributed by atoms with Gasteiger partial charge in [0, 0.05) is 11.4 Å². The zero-order valence-corrected chi connectivity index (χ0v) is 48.4. The predicted octanol–water partition coefficient (Wildman–Crippen LogP) is -12.7. The van der Waals surface area contributed by atoms with Crippen LogP contribution in [-0.4, -0.2) is 118 Å². The number of benzene rings is 4. The Labute approximate surface area is 486 Å².